The minimum Gasteiger partial charge on any atom is -0.387 e. The molecule has 4 heteroatoms. The summed E-state index contributed by atoms with van der Waals surface area (Å²) in [7, 11) is 4.18. The highest BCUT2D eigenvalue weighted by Crippen LogP contribution is 2.19. The quantitative estimate of drug-likeness (QED) is 0.794. The lowest BCUT2D eigenvalue weighted by Gasteiger charge is -2.28. The molecule has 0 saturated carbocycles. The zero-order chi connectivity index (χ0) is 15.1. The third-order valence-electron chi connectivity index (χ3n) is 3.27. The van der Waals surface area contributed by atoms with Crippen molar-refractivity contribution in [3.63, 3.8) is 0 Å². The fraction of sp³-hybridized carbons (Fsp3) is 0.688. The summed E-state index contributed by atoms with van der Waals surface area (Å²) in [4.78, 5) is 8.95. The van der Waals surface area contributed by atoms with E-state index < -0.39 is 6.10 Å². The van der Waals surface area contributed by atoms with Gasteiger partial charge in [-0.2, -0.15) is 0 Å². The molecule has 0 unspecified atom stereocenters. The summed E-state index contributed by atoms with van der Waals surface area (Å²) < 4.78 is 0. The summed E-state index contributed by atoms with van der Waals surface area (Å²) in [5, 5.41) is 9.80. The predicted octanol–water partition coefficient (Wildman–Crippen LogP) is 2.55. The van der Waals surface area contributed by atoms with Crippen LogP contribution in [0.25, 0.3) is 0 Å². The summed E-state index contributed by atoms with van der Waals surface area (Å²) in [5.41, 5.74) is 1.89. The largest absolute Gasteiger partial charge is 0.387 e. The van der Waals surface area contributed by atoms with Gasteiger partial charge in [-0.15, -0.1) is 0 Å². The van der Waals surface area contributed by atoms with Crippen molar-refractivity contribution in [2.24, 2.45) is 5.92 Å². The zero-order valence-corrected chi connectivity index (χ0v) is 13.5. The van der Waals surface area contributed by atoms with E-state index in [0.717, 1.165) is 31.0 Å². The Hall–Kier alpha value is -1.13. The van der Waals surface area contributed by atoms with Crippen LogP contribution in [-0.2, 0) is 0 Å². The molecule has 0 aliphatic rings. The van der Waals surface area contributed by atoms with Gasteiger partial charge in [0.25, 0.3) is 0 Å². The molecule has 4 nitrogen and oxygen atoms in total. The summed E-state index contributed by atoms with van der Waals surface area (Å²) >= 11 is 0. The lowest BCUT2D eigenvalue weighted by molar-refractivity contribution is 0.169. The van der Waals surface area contributed by atoms with Gasteiger partial charge < -0.3 is 14.9 Å². The molecule has 0 aromatic carbocycles. The number of hydrogen-bond acceptors (Lipinski definition) is 4. The van der Waals surface area contributed by atoms with E-state index in [2.05, 4.69) is 48.8 Å². The Labute approximate surface area is 123 Å². The van der Waals surface area contributed by atoms with Crippen molar-refractivity contribution >= 4 is 5.69 Å². The van der Waals surface area contributed by atoms with Gasteiger partial charge in [-0.1, -0.05) is 20.8 Å². The summed E-state index contributed by atoms with van der Waals surface area (Å²) in [6.45, 7) is 9.44. The van der Waals surface area contributed by atoms with Crippen LogP contribution in [0.4, 0.5) is 5.69 Å². The molecule has 1 heterocycles. The molecule has 0 aliphatic heterocycles. The second-order valence-electron chi connectivity index (χ2n) is 6.01. The Morgan fingerprint density at radius 1 is 1.20 bits per heavy atom. The van der Waals surface area contributed by atoms with E-state index in [9.17, 15) is 5.11 Å². The maximum atomic E-state index is 9.80. The summed E-state index contributed by atoms with van der Waals surface area (Å²) in [5.74, 6) is 0.609. The van der Waals surface area contributed by atoms with Crippen molar-refractivity contribution in [3.05, 3.63) is 24.0 Å². The van der Waals surface area contributed by atoms with Crippen molar-refractivity contribution in [3.8, 4) is 0 Å². The smallest absolute Gasteiger partial charge is 0.0957 e. The molecule has 0 bridgehead atoms. The van der Waals surface area contributed by atoms with Crippen molar-refractivity contribution in [1.82, 2.24) is 9.88 Å². The van der Waals surface area contributed by atoms with Crippen LogP contribution in [0.5, 0.6) is 0 Å². The van der Waals surface area contributed by atoms with E-state index in [4.69, 9.17) is 0 Å². The van der Waals surface area contributed by atoms with Crippen LogP contribution < -0.4 is 4.90 Å². The fourth-order valence-electron chi connectivity index (χ4n) is 2.08. The number of aliphatic hydroxyl groups excluding tert-OH is 1. The Balaban J connectivity index is 2.79. The number of aliphatic hydroxyl groups is 1. The molecule has 0 spiro atoms. The van der Waals surface area contributed by atoms with Crippen LogP contribution in [0.3, 0.4) is 0 Å². The van der Waals surface area contributed by atoms with Crippen LogP contribution >= 0.6 is 0 Å². The Kier molecular flexibility index (Phi) is 6.96. The second kappa shape index (κ2) is 8.22. The number of nitrogens with zero attached hydrogens (tertiary/aromatic N) is 3. The maximum Gasteiger partial charge on any atom is 0.0957 e. The molecular formula is C16H29N3O. The predicted molar refractivity (Wildman–Crippen MR) is 85.1 cm³/mol. The van der Waals surface area contributed by atoms with Crippen LogP contribution in [0.1, 0.15) is 39.0 Å². The highest BCUT2D eigenvalue weighted by atomic mass is 16.3. The fourth-order valence-corrected chi connectivity index (χ4v) is 2.08. The molecular weight excluding hydrogens is 250 g/mol. The molecule has 0 fully saturated rings. The monoisotopic (exact) mass is 279 g/mol. The molecule has 0 aliphatic carbocycles. The van der Waals surface area contributed by atoms with E-state index in [1.807, 2.05) is 19.2 Å². The average Bonchev–Trinajstić information content (AvgIpc) is 2.42. The van der Waals surface area contributed by atoms with Gasteiger partial charge in [0.1, 0.15) is 0 Å². The second-order valence-corrected chi connectivity index (χ2v) is 6.01. The minimum atomic E-state index is -0.454. The molecule has 20 heavy (non-hydrogen) atoms. The van der Waals surface area contributed by atoms with Gasteiger partial charge in [0.2, 0.25) is 0 Å². The Morgan fingerprint density at radius 3 is 2.35 bits per heavy atom. The van der Waals surface area contributed by atoms with Gasteiger partial charge >= 0.3 is 0 Å². The maximum absolute atomic E-state index is 9.80. The first-order chi connectivity index (χ1) is 9.43. The first kappa shape index (κ1) is 16.9. The van der Waals surface area contributed by atoms with Crippen LogP contribution in [0, 0.1) is 5.92 Å². The van der Waals surface area contributed by atoms with E-state index in [-0.39, 0.29) is 0 Å². The molecule has 114 valence electrons. The zero-order valence-electron chi connectivity index (χ0n) is 13.5. The van der Waals surface area contributed by atoms with Gasteiger partial charge in [0.15, 0.2) is 0 Å². The van der Waals surface area contributed by atoms with Crippen LogP contribution in [0.15, 0.2) is 18.3 Å². The Morgan fingerprint density at radius 2 is 1.90 bits per heavy atom. The molecule has 1 N–H and O–H groups in total. The minimum absolute atomic E-state index is 0.454. The highest BCUT2D eigenvalue weighted by molar-refractivity contribution is 5.44. The van der Waals surface area contributed by atoms with Gasteiger partial charge in [-0.3, -0.25) is 4.98 Å². The number of hydrogen-bond donors (Lipinski definition) is 1. The first-order valence-electron chi connectivity index (χ1n) is 7.47. The number of aromatic nitrogens is 1. The van der Waals surface area contributed by atoms with Gasteiger partial charge in [0, 0.05) is 19.6 Å². The lowest BCUT2D eigenvalue weighted by Crippen LogP contribution is -2.34. The van der Waals surface area contributed by atoms with Crippen molar-refractivity contribution in [1.29, 1.82) is 0 Å². The molecule has 1 aromatic rings. The first-order valence-corrected chi connectivity index (χ1v) is 7.47. The van der Waals surface area contributed by atoms with Gasteiger partial charge in [-0.25, -0.2) is 0 Å². The summed E-state index contributed by atoms with van der Waals surface area (Å²) in [6.07, 6.45) is 2.12. The van der Waals surface area contributed by atoms with Crippen molar-refractivity contribution in [2.75, 3.05) is 38.6 Å². The molecule has 0 amide bonds. The van der Waals surface area contributed by atoms with Gasteiger partial charge in [-0.05, 0) is 38.6 Å². The van der Waals surface area contributed by atoms with E-state index in [1.54, 1.807) is 0 Å². The molecule has 0 radical (unpaired) electrons. The third-order valence-corrected chi connectivity index (χ3v) is 3.27. The lowest BCUT2D eigenvalue weighted by atomic mass is 10.1. The number of anilines is 1. The van der Waals surface area contributed by atoms with E-state index in [1.165, 1.54) is 0 Å². The van der Waals surface area contributed by atoms with Crippen molar-refractivity contribution < 1.29 is 5.11 Å². The van der Waals surface area contributed by atoms with E-state index >= 15 is 0 Å². The SMILES string of the molecule is CC[C@@H](O)c1ccc(N(CCN(C)C)CC(C)C)cn1. The van der Waals surface area contributed by atoms with Gasteiger partial charge in [0.05, 0.1) is 23.7 Å². The molecule has 1 aromatic heterocycles. The normalized spacial score (nSPS) is 13.0. The molecule has 0 saturated heterocycles. The molecule has 1 atom stereocenters. The molecule has 1 rings (SSSR count). The Bertz CT molecular complexity index is 376. The van der Waals surface area contributed by atoms with Crippen LogP contribution in [0.2, 0.25) is 0 Å². The summed E-state index contributed by atoms with van der Waals surface area (Å²) in [6, 6.07) is 4.01. The van der Waals surface area contributed by atoms with Crippen LogP contribution in [-0.4, -0.2) is 48.7 Å². The van der Waals surface area contributed by atoms with Crippen molar-refractivity contribution in [2.45, 2.75) is 33.3 Å². The number of rotatable bonds is 8. The number of pyridine rings is 1. The average molecular weight is 279 g/mol. The third kappa shape index (κ3) is 5.47. The topological polar surface area (TPSA) is 39.6 Å². The standard InChI is InChI=1S/C16H29N3O/c1-6-16(20)15-8-7-14(11-17-15)19(12-13(2)3)10-9-18(4)5/h7-8,11,13,16,20H,6,9-10,12H2,1-5H3/t16-/m1/s1. The van der Waals surface area contributed by atoms with E-state index in [0.29, 0.717) is 12.3 Å². The number of likely N-dealkylation sites (N-methyl/N-ethyl adjacent to an activating group) is 1. The highest BCUT2D eigenvalue weighted by Gasteiger charge is 2.11.